The van der Waals surface area contributed by atoms with E-state index in [1.54, 1.807) is 0 Å². The van der Waals surface area contributed by atoms with Gasteiger partial charge in [0, 0.05) is 43.8 Å². The molecule has 0 saturated carbocycles. The summed E-state index contributed by atoms with van der Waals surface area (Å²) in [7, 11) is 0. The van der Waals surface area contributed by atoms with Gasteiger partial charge in [0.25, 0.3) is 0 Å². The number of nitrogens with zero attached hydrogens (tertiary/aromatic N) is 4. The van der Waals surface area contributed by atoms with E-state index in [0.717, 1.165) is 50.4 Å². The van der Waals surface area contributed by atoms with Crippen LogP contribution in [0.15, 0.2) is 200 Å². The number of allylic oxidation sites excluding steroid dienone is 1. The first-order chi connectivity index (χ1) is 30.0. The van der Waals surface area contributed by atoms with Gasteiger partial charge in [-0.1, -0.05) is 153 Å². The van der Waals surface area contributed by atoms with Crippen LogP contribution in [0.4, 0.5) is 0 Å². The second kappa shape index (κ2) is 13.6. The molecule has 0 amide bonds. The van der Waals surface area contributed by atoms with Crippen LogP contribution in [0.3, 0.4) is 0 Å². The highest BCUT2D eigenvalue weighted by molar-refractivity contribution is 6.12. The highest BCUT2D eigenvalue weighted by atomic mass is 15.2. The van der Waals surface area contributed by atoms with Gasteiger partial charge in [-0.2, -0.15) is 0 Å². The molecule has 288 valence electrons. The molecule has 0 saturated heterocycles. The molecule has 12 rings (SSSR count). The van der Waals surface area contributed by atoms with E-state index in [2.05, 4.69) is 229 Å². The Labute approximate surface area is 354 Å². The molecule has 0 atom stereocenters. The third-order valence-corrected chi connectivity index (χ3v) is 12.5. The van der Waals surface area contributed by atoms with Gasteiger partial charge in [0.2, 0.25) is 5.95 Å². The molecule has 11 aromatic rings. The van der Waals surface area contributed by atoms with Crippen molar-refractivity contribution in [2.45, 2.75) is 19.3 Å². The van der Waals surface area contributed by atoms with Gasteiger partial charge in [-0.25, -0.2) is 9.97 Å². The topological polar surface area (TPSA) is 35.6 Å². The largest absolute Gasteiger partial charge is 0.309 e. The minimum absolute atomic E-state index is 0.269. The lowest BCUT2D eigenvalue weighted by atomic mass is 9.90. The zero-order valence-corrected chi connectivity index (χ0v) is 33.9. The van der Waals surface area contributed by atoms with Crippen molar-refractivity contribution in [3.8, 4) is 56.3 Å². The molecule has 0 spiro atoms. The van der Waals surface area contributed by atoms with Crippen molar-refractivity contribution in [1.29, 1.82) is 0 Å². The summed E-state index contributed by atoms with van der Waals surface area (Å²) in [6.45, 7) is 4.50. The predicted octanol–water partition coefficient (Wildman–Crippen LogP) is 14.6. The fraction of sp³-hybridized carbons (Fsp3) is 0.0526. The third-order valence-electron chi connectivity index (χ3n) is 12.5. The second-order valence-corrected chi connectivity index (χ2v) is 16.7. The Bertz CT molecular complexity index is 3480. The van der Waals surface area contributed by atoms with E-state index in [0.29, 0.717) is 5.95 Å². The minimum atomic E-state index is -0.269. The Morgan fingerprint density at radius 2 is 0.852 bits per heavy atom. The minimum Gasteiger partial charge on any atom is -0.309 e. The van der Waals surface area contributed by atoms with Crippen LogP contribution in [-0.4, -0.2) is 19.1 Å². The fourth-order valence-electron chi connectivity index (χ4n) is 9.53. The molecule has 0 fully saturated rings. The molecule has 61 heavy (non-hydrogen) atoms. The zero-order chi connectivity index (χ0) is 40.7. The Kier molecular flexibility index (Phi) is 7.85. The molecular formula is C57H40N4. The number of para-hydroxylation sites is 3. The first-order valence-corrected chi connectivity index (χ1v) is 21.0. The molecule has 0 bridgehead atoms. The van der Waals surface area contributed by atoms with Gasteiger partial charge in [-0.15, -0.1) is 0 Å². The van der Waals surface area contributed by atoms with Crippen LogP contribution >= 0.6 is 0 Å². The van der Waals surface area contributed by atoms with Crippen molar-refractivity contribution < 1.29 is 0 Å². The normalized spacial score (nSPS) is 13.1. The summed E-state index contributed by atoms with van der Waals surface area (Å²) in [4.78, 5) is 11.0. The quantitative estimate of drug-likeness (QED) is 0.168. The molecule has 4 nitrogen and oxygen atoms in total. The Morgan fingerprint density at radius 3 is 1.44 bits per heavy atom. The lowest BCUT2D eigenvalue weighted by molar-refractivity contribution is 0.651. The highest BCUT2D eigenvalue weighted by Gasteiger charge is 2.31. The Morgan fingerprint density at radius 1 is 0.377 bits per heavy atom. The van der Waals surface area contributed by atoms with Crippen LogP contribution in [0.5, 0.6) is 0 Å². The summed E-state index contributed by atoms with van der Waals surface area (Å²) in [6, 6.07) is 69.9. The van der Waals surface area contributed by atoms with Crippen LogP contribution in [0, 0.1) is 0 Å². The van der Waals surface area contributed by atoms with Crippen LogP contribution in [0.2, 0.25) is 0 Å². The molecule has 0 radical (unpaired) electrons. The van der Waals surface area contributed by atoms with Crippen molar-refractivity contribution in [1.82, 2.24) is 19.1 Å². The van der Waals surface area contributed by atoms with Gasteiger partial charge >= 0.3 is 0 Å². The second-order valence-electron chi connectivity index (χ2n) is 16.7. The van der Waals surface area contributed by atoms with E-state index in [1.165, 1.54) is 54.8 Å². The maximum Gasteiger partial charge on any atom is 0.235 e. The number of hydrogen-bond donors (Lipinski definition) is 0. The molecule has 1 aliphatic rings. The van der Waals surface area contributed by atoms with Crippen LogP contribution in [-0.2, 0) is 5.41 Å². The smallest absolute Gasteiger partial charge is 0.235 e. The summed E-state index contributed by atoms with van der Waals surface area (Å²) < 4.78 is 4.63. The summed E-state index contributed by atoms with van der Waals surface area (Å²) in [5.41, 5.74) is 16.5. The monoisotopic (exact) mass is 780 g/mol. The van der Waals surface area contributed by atoms with Gasteiger partial charge in [0.05, 0.1) is 33.5 Å². The predicted molar refractivity (Wildman–Crippen MR) is 255 cm³/mol. The van der Waals surface area contributed by atoms with Crippen LogP contribution in [0.25, 0.3) is 106 Å². The maximum atomic E-state index is 5.56. The van der Waals surface area contributed by atoms with Crippen molar-refractivity contribution >= 4 is 49.7 Å². The molecule has 0 unspecified atom stereocenters. The fourth-order valence-corrected chi connectivity index (χ4v) is 9.53. The molecule has 0 aliphatic heterocycles. The lowest BCUT2D eigenvalue weighted by Crippen LogP contribution is -2.16. The number of fused-ring (bicyclic) bond motifs is 7. The zero-order valence-electron chi connectivity index (χ0n) is 33.9. The average Bonchev–Trinajstić information content (AvgIpc) is 3.95. The van der Waals surface area contributed by atoms with E-state index in [4.69, 9.17) is 9.97 Å². The van der Waals surface area contributed by atoms with E-state index in [1.807, 2.05) is 0 Å². The molecule has 1 aliphatic carbocycles. The summed E-state index contributed by atoms with van der Waals surface area (Å²) in [6.07, 6.45) is 4.49. The third kappa shape index (κ3) is 5.67. The Balaban J connectivity index is 1.05. The van der Waals surface area contributed by atoms with Gasteiger partial charge in [-0.05, 0) is 100 Å². The molecule has 3 heterocycles. The average molecular weight is 781 g/mol. The standard InChI is InChI=1S/C57H40N4/c1-57(2)31-30-47-54(43-33-41(37-16-6-3-7-17-37)32-42(34-43)38-18-8-4-9-19-38)58-56(59-55(47)57)61-51-25-15-13-23-46(51)49-36-40(27-29-53(49)61)39-26-28-52-48(35-39)45-22-12-14-24-50(45)60(52)44-20-10-5-11-21-44/h3-36H,1-2H3. The van der Waals surface area contributed by atoms with Crippen LogP contribution in [0.1, 0.15) is 25.1 Å². The van der Waals surface area contributed by atoms with E-state index in [9.17, 15) is 0 Å². The number of aromatic nitrogens is 4. The van der Waals surface area contributed by atoms with Crippen molar-refractivity contribution in [3.63, 3.8) is 0 Å². The molecule has 4 heteroatoms. The summed E-state index contributed by atoms with van der Waals surface area (Å²) in [5, 5.41) is 4.82. The van der Waals surface area contributed by atoms with Gasteiger partial charge in [0.1, 0.15) is 0 Å². The summed E-state index contributed by atoms with van der Waals surface area (Å²) >= 11 is 0. The van der Waals surface area contributed by atoms with Crippen molar-refractivity contribution in [2.24, 2.45) is 0 Å². The highest BCUT2D eigenvalue weighted by Crippen LogP contribution is 2.43. The Hall–Kier alpha value is -7.82. The first kappa shape index (κ1) is 35.2. The van der Waals surface area contributed by atoms with Gasteiger partial charge in [0.15, 0.2) is 0 Å². The van der Waals surface area contributed by atoms with Gasteiger partial charge < -0.3 is 4.57 Å². The van der Waals surface area contributed by atoms with Gasteiger partial charge in [-0.3, -0.25) is 4.57 Å². The van der Waals surface area contributed by atoms with Crippen LogP contribution < -0.4 is 0 Å². The molecular weight excluding hydrogens is 741 g/mol. The summed E-state index contributed by atoms with van der Waals surface area (Å²) in [5.74, 6) is 0.672. The number of rotatable bonds is 6. The van der Waals surface area contributed by atoms with Crippen molar-refractivity contribution in [2.75, 3.05) is 0 Å². The maximum absolute atomic E-state index is 5.56. The number of hydrogen-bond acceptors (Lipinski definition) is 2. The number of benzene rings is 8. The molecule has 0 N–H and O–H groups in total. The first-order valence-electron chi connectivity index (χ1n) is 21.0. The molecule has 8 aromatic carbocycles. The van der Waals surface area contributed by atoms with Crippen molar-refractivity contribution in [3.05, 3.63) is 211 Å². The SMILES string of the molecule is CC1(C)C=Cc2c(-c3cc(-c4ccccc4)cc(-c4ccccc4)c3)nc(-n3c4ccccc4c4cc(-c5ccc6c(c5)c5ccccc5n6-c5ccccc5)ccc43)nc21. The molecule has 3 aromatic heterocycles. The van der Waals surface area contributed by atoms with E-state index < -0.39 is 0 Å². The van der Waals surface area contributed by atoms with E-state index >= 15 is 0 Å². The van der Waals surface area contributed by atoms with E-state index in [-0.39, 0.29) is 5.41 Å². The lowest BCUT2D eigenvalue weighted by Gasteiger charge is -2.20.